The van der Waals surface area contributed by atoms with Crippen molar-refractivity contribution in [2.45, 2.75) is 43.7 Å². The topological polar surface area (TPSA) is 37.4 Å². The zero-order valence-electron chi connectivity index (χ0n) is 16.2. The van der Waals surface area contributed by atoms with E-state index in [1.54, 1.807) is 12.1 Å². The maximum atomic E-state index is 13.5. The molecule has 0 aliphatic rings. The molecule has 30 heavy (non-hydrogen) atoms. The lowest BCUT2D eigenvalue weighted by Crippen LogP contribution is -2.32. The van der Waals surface area contributed by atoms with E-state index in [1.807, 2.05) is 31.2 Å². The van der Waals surface area contributed by atoms with Gasteiger partial charge < -0.3 is 0 Å². The Balaban J connectivity index is 2.03. The van der Waals surface area contributed by atoms with E-state index in [9.17, 15) is 21.6 Å². The number of aryl methyl sites for hydroxylation is 1. The summed E-state index contributed by atoms with van der Waals surface area (Å²) >= 11 is 4.66. The van der Waals surface area contributed by atoms with E-state index in [-0.39, 0.29) is 24.3 Å². The van der Waals surface area contributed by atoms with E-state index in [4.69, 9.17) is 0 Å². The normalized spacial score (nSPS) is 12.4. The van der Waals surface area contributed by atoms with E-state index in [0.29, 0.717) is 11.4 Å². The van der Waals surface area contributed by atoms with Crippen molar-refractivity contribution in [3.05, 3.63) is 58.6 Å². The number of thiophene rings is 1. The van der Waals surface area contributed by atoms with Gasteiger partial charge in [0.05, 0.1) is 4.90 Å². The minimum absolute atomic E-state index is 0.00566. The number of hydrogen-bond acceptors (Lipinski definition) is 3. The number of hydrogen-bond donors (Lipinski definition) is 0. The molecule has 0 radical (unpaired) electrons. The molecule has 1 aromatic heterocycles. The third kappa shape index (κ3) is 5.18. The quantitative estimate of drug-likeness (QED) is 0.296. The first-order valence-corrected chi connectivity index (χ1v) is 12.5. The predicted molar refractivity (Wildman–Crippen MR) is 120 cm³/mol. The molecule has 9 heteroatoms. The third-order valence-corrected chi connectivity index (χ3v) is 8.42. The summed E-state index contributed by atoms with van der Waals surface area (Å²) in [6.45, 7) is 1.94. The molecule has 0 aliphatic carbocycles. The number of fused-ring (bicyclic) bond motifs is 1. The Morgan fingerprint density at radius 1 is 1.03 bits per heavy atom. The first-order chi connectivity index (χ1) is 14.1. The Bertz CT molecular complexity index is 1110. The van der Waals surface area contributed by atoms with Gasteiger partial charge in [0.15, 0.2) is 0 Å². The number of anilines is 1. The average Bonchev–Trinajstić information content (AvgIpc) is 3.05. The van der Waals surface area contributed by atoms with Gasteiger partial charge in [-0.05, 0) is 60.5 Å². The van der Waals surface area contributed by atoms with Crippen LogP contribution in [0.2, 0.25) is 0 Å². The zero-order valence-corrected chi connectivity index (χ0v) is 19.5. The summed E-state index contributed by atoms with van der Waals surface area (Å²) in [6.07, 6.45) is -4.56. The largest absolute Gasteiger partial charge is 0.389 e. The fourth-order valence-electron chi connectivity index (χ4n) is 3.27. The molecule has 0 fully saturated rings. The van der Waals surface area contributed by atoms with Gasteiger partial charge in [-0.2, -0.15) is 13.2 Å². The van der Waals surface area contributed by atoms with Crippen molar-refractivity contribution in [1.29, 1.82) is 0 Å². The molecular weight excluding hydrogens is 499 g/mol. The van der Waals surface area contributed by atoms with Gasteiger partial charge in [0.2, 0.25) is 0 Å². The molecule has 2 aromatic carbocycles. The van der Waals surface area contributed by atoms with Crippen molar-refractivity contribution in [1.82, 2.24) is 0 Å². The van der Waals surface area contributed by atoms with Crippen LogP contribution in [-0.4, -0.2) is 21.1 Å². The smallest absolute Gasteiger partial charge is 0.257 e. The molecule has 0 N–H and O–H groups in total. The highest BCUT2D eigenvalue weighted by Crippen LogP contribution is 2.41. The second kappa shape index (κ2) is 9.28. The number of alkyl halides is 3. The average molecular weight is 520 g/mol. The summed E-state index contributed by atoms with van der Waals surface area (Å²) in [5.74, 6) is 0. The number of halogens is 4. The molecule has 0 unspecified atom stereocenters. The van der Waals surface area contributed by atoms with Crippen LogP contribution in [0.25, 0.3) is 10.1 Å². The molecule has 1 heterocycles. The van der Waals surface area contributed by atoms with Crippen molar-refractivity contribution in [2.24, 2.45) is 0 Å². The second-order valence-corrected chi connectivity index (χ2v) is 10.6. The Morgan fingerprint density at radius 3 is 2.33 bits per heavy atom. The first kappa shape index (κ1) is 23.1. The van der Waals surface area contributed by atoms with Gasteiger partial charge in [0.1, 0.15) is 5.00 Å². The molecule has 0 spiro atoms. The summed E-state index contributed by atoms with van der Waals surface area (Å²) in [4.78, 5) is 0.112. The van der Waals surface area contributed by atoms with Gasteiger partial charge in [0.25, 0.3) is 10.0 Å². The SMILES string of the molecule is CCc1c(N(CCCCC(F)(F)F)S(=O)(=O)c2ccc(Br)cc2)sc2ccccc12. The highest BCUT2D eigenvalue weighted by molar-refractivity contribution is 9.10. The van der Waals surface area contributed by atoms with Gasteiger partial charge >= 0.3 is 6.18 Å². The molecule has 3 nitrogen and oxygen atoms in total. The van der Waals surface area contributed by atoms with Crippen LogP contribution in [0.15, 0.2) is 57.9 Å². The highest BCUT2D eigenvalue weighted by Gasteiger charge is 2.30. The van der Waals surface area contributed by atoms with Crippen molar-refractivity contribution < 1.29 is 21.6 Å². The van der Waals surface area contributed by atoms with Gasteiger partial charge in [0, 0.05) is 22.1 Å². The van der Waals surface area contributed by atoms with Crippen LogP contribution in [0.3, 0.4) is 0 Å². The number of sulfonamides is 1. The van der Waals surface area contributed by atoms with Crippen LogP contribution in [0.4, 0.5) is 18.2 Å². The van der Waals surface area contributed by atoms with Crippen LogP contribution in [0.1, 0.15) is 31.7 Å². The van der Waals surface area contributed by atoms with Crippen molar-refractivity contribution in [3.63, 3.8) is 0 Å². The van der Waals surface area contributed by atoms with E-state index >= 15 is 0 Å². The van der Waals surface area contributed by atoms with Crippen molar-refractivity contribution in [2.75, 3.05) is 10.8 Å². The minimum atomic E-state index is -4.25. The number of unbranched alkanes of at least 4 members (excludes halogenated alkanes) is 1. The predicted octanol–water partition coefficient (Wildman–Crippen LogP) is 7.15. The standard InChI is InChI=1S/C21H21BrF3NO2S2/c1-2-17-18-7-3-4-8-19(18)29-20(17)26(14-6-5-13-21(23,24)25)30(27,28)16-11-9-15(22)10-12-16/h3-4,7-12H,2,5-6,13-14H2,1H3. The molecular formula is C21H21BrF3NO2S2. The molecule has 3 rings (SSSR count). The van der Waals surface area contributed by atoms with E-state index in [1.165, 1.54) is 27.8 Å². The fraction of sp³-hybridized carbons (Fsp3) is 0.333. The van der Waals surface area contributed by atoms with Crippen LogP contribution in [0.5, 0.6) is 0 Å². The van der Waals surface area contributed by atoms with Crippen molar-refractivity contribution in [3.8, 4) is 0 Å². The van der Waals surface area contributed by atoms with Gasteiger partial charge in [-0.1, -0.05) is 41.1 Å². The van der Waals surface area contributed by atoms with E-state index in [2.05, 4.69) is 15.9 Å². The van der Waals surface area contributed by atoms with E-state index < -0.39 is 22.6 Å². The van der Waals surface area contributed by atoms with Crippen LogP contribution in [0, 0.1) is 0 Å². The minimum Gasteiger partial charge on any atom is -0.257 e. The number of nitrogens with zero attached hydrogens (tertiary/aromatic N) is 1. The number of benzene rings is 2. The first-order valence-electron chi connectivity index (χ1n) is 9.49. The van der Waals surface area contributed by atoms with Crippen LogP contribution in [-0.2, 0) is 16.4 Å². The lowest BCUT2D eigenvalue weighted by Gasteiger charge is -2.24. The van der Waals surface area contributed by atoms with Crippen LogP contribution >= 0.6 is 27.3 Å². The molecule has 0 aliphatic heterocycles. The summed E-state index contributed by atoms with van der Waals surface area (Å²) in [5.41, 5.74) is 0.895. The summed E-state index contributed by atoms with van der Waals surface area (Å²) in [6, 6.07) is 13.9. The lowest BCUT2D eigenvalue weighted by atomic mass is 10.1. The Morgan fingerprint density at radius 2 is 1.70 bits per heavy atom. The molecule has 0 bridgehead atoms. The van der Waals surface area contributed by atoms with Gasteiger partial charge in [-0.15, -0.1) is 11.3 Å². The monoisotopic (exact) mass is 519 g/mol. The third-order valence-electron chi connectivity index (χ3n) is 4.73. The lowest BCUT2D eigenvalue weighted by molar-refractivity contribution is -0.135. The molecule has 0 saturated heterocycles. The second-order valence-electron chi connectivity index (χ2n) is 6.84. The van der Waals surface area contributed by atoms with Gasteiger partial charge in [-0.25, -0.2) is 8.42 Å². The number of rotatable bonds is 8. The zero-order chi connectivity index (χ0) is 21.9. The molecule has 0 amide bonds. The maximum Gasteiger partial charge on any atom is 0.389 e. The van der Waals surface area contributed by atoms with E-state index in [0.717, 1.165) is 20.1 Å². The van der Waals surface area contributed by atoms with Crippen molar-refractivity contribution >= 4 is 52.4 Å². The summed E-state index contributed by atoms with van der Waals surface area (Å²) in [7, 11) is -3.93. The Labute approximate surface area is 186 Å². The van der Waals surface area contributed by atoms with Gasteiger partial charge in [-0.3, -0.25) is 4.31 Å². The highest BCUT2D eigenvalue weighted by atomic mass is 79.9. The molecule has 0 saturated carbocycles. The maximum absolute atomic E-state index is 13.5. The summed E-state index contributed by atoms with van der Waals surface area (Å²) < 4.78 is 67.6. The molecule has 3 aromatic rings. The van der Waals surface area contributed by atoms with Crippen LogP contribution < -0.4 is 4.31 Å². The Hall–Kier alpha value is -1.58. The Kier molecular flexibility index (Phi) is 7.14. The molecule has 162 valence electrons. The molecule has 0 atom stereocenters. The fourth-order valence-corrected chi connectivity index (χ4v) is 6.60. The summed E-state index contributed by atoms with van der Waals surface area (Å²) in [5, 5.41) is 1.56.